The molecule has 2 aromatic carbocycles. The second-order valence-electron chi connectivity index (χ2n) is 16.3. The molecule has 2 atom stereocenters. The highest BCUT2D eigenvalue weighted by Crippen LogP contribution is 2.42. The second-order valence-corrected chi connectivity index (χ2v) is 16.3. The summed E-state index contributed by atoms with van der Waals surface area (Å²) in [4.78, 5) is 34.9. The minimum atomic E-state index is -0.765. The van der Waals surface area contributed by atoms with Gasteiger partial charge in [-0.25, -0.2) is 14.8 Å². The van der Waals surface area contributed by atoms with Crippen molar-refractivity contribution in [1.29, 1.82) is 0 Å². The summed E-state index contributed by atoms with van der Waals surface area (Å²) < 4.78 is 12.7. The van der Waals surface area contributed by atoms with E-state index in [2.05, 4.69) is 18.3 Å². The van der Waals surface area contributed by atoms with Gasteiger partial charge in [-0.3, -0.25) is 4.79 Å². The van der Waals surface area contributed by atoms with Crippen LogP contribution >= 0.6 is 0 Å². The number of esters is 1. The number of rotatable bonds is 12. The van der Waals surface area contributed by atoms with Gasteiger partial charge in [0.15, 0.2) is 30.9 Å². The number of carbonyl (C=O) groups excluding carboxylic acids is 2. The molecular formula is C44H57N4O5+. The van der Waals surface area contributed by atoms with Crippen LogP contribution in [0.5, 0.6) is 0 Å². The first kappa shape index (κ1) is 38.2. The predicted molar refractivity (Wildman–Crippen MR) is 207 cm³/mol. The molecular weight excluding hydrogens is 665 g/mol. The number of aliphatic hydroxyl groups is 1. The average Bonchev–Trinajstić information content (AvgIpc) is 3.14. The molecule has 9 heteroatoms. The van der Waals surface area contributed by atoms with Crippen molar-refractivity contribution < 1.29 is 28.7 Å². The summed E-state index contributed by atoms with van der Waals surface area (Å²) in [6.45, 7) is 8.54. The van der Waals surface area contributed by atoms with Gasteiger partial charge in [-0.05, 0) is 87.3 Å². The molecule has 6 rings (SSSR count). The minimum Gasteiger partial charge on any atom is -0.462 e. The van der Waals surface area contributed by atoms with Gasteiger partial charge in [-0.15, -0.1) is 0 Å². The number of allylic oxidation sites excluding steroid dienone is 2. The minimum absolute atomic E-state index is 0.0211. The van der Waals surface area contributed by atoms with E-state index in [4.69, 9.17) is 19.4 Å². The van der Waals surface area contributed by atoms with Crippen LogP contribution in [-0.2, 0) is 27.3 Å². The fourth-order valence-corrected chi connectivity index (χ4v) is 8.10. The molecule has 0 radical (unpaired) electrons. The van der Waals surface area contributed by atoms with Crippen molar-refractivity contribution >= 4 is 23.5 Å². The maximum atomic E-state index is 12.9. The van der Waals surface area contributed by atoms with Crippen LogP contribution < -0.4 is 5.32 Å². The first-order valence-corrected chi connectivity index (χ1v) is 19.7. The molecule has 0 spiro atoms. The van der Waals surface area contributed by atoms with Gasteiger partial charge in [0.1, 0.15) is 12.2 Å². The quantitative estimate of drug-likeness (QED) is 0.109. The third-order valence-corrected chi connectivity index (χ3v) is 11.1. The Labute approximate surface area is 314 Å². The average molecular weight is 722 g/mol. The van der Waals surface area contributed by atoms with Crippen LogP contribution in [0.15, 0.2) is 73.1 Å². The number of carbonyl (C=O) groups is 2. The molecule has 1 aromatic heterocycles. The Bertz CT molecular complexity index is 1730. The molecule has 1 amide bonds. The van der Waals surface area contributed by atoms with Gasteiger partial charge < -0.3 is 19.9 Å². The van der Waals surface area contributed by atoms with Crippen LogP contribution in [0.3, 0.4) is 0 Å². The van der Waals surface area contributed by atoms with Gasteiger partial charge >= 0.3 is 18.0 Å². The lowest BCUT2D eigenvalue weighted by Gasteiger charge is -2.35. The number of benzene rings is 2. The van der Waals surface area contributed by atoms with Crippen LogP contribution in [-0.4, -0.2) is 62.3 Å². The fraction of sp³-hybridized carbons (Fsp3) is 0.523. The largest absolute Gasteiger partial charge is 0.462 e. The third kappa shape index (κ3) is 10.5. The molecule has 2 aliphatic carbocycles. The van der Waals surface area contributed by atoms with Gasteiger partial charge in [0.05, 0.1) is 0 Å². The predicted octanol–water partition coefficient (Wildman–Crippen LogP) is 8.71. The highest BCUT2D eigenvalue weighted by atomic mass is 16.6. The number of alkyl carbamates (subject to hydrolysis) is 1. The van der Waals surface area contributed by atoms with Crippen molar-refractivity contribution in [2.75, 3.05) is 13.1 Å². The van der Waals surface area contributed by atoms with Crippen LogP contribution in [0.2, 0.25) is 0 Å². The lowest BCUT2D eigenvalue weighted by molar-refractivity contribution is -0.606. The number of hydrogen-bond acceptors (Lipinski definition) is 6. The molecule has 0 bridgehead atoms. The van der Waals surface area contributed by atoms with Crippen molar-refractivity contribution in [2.24, 2.45) is 23.7 Å². The zero-order valence-corrected chi connectivity index (χ0v) is 31.9. The zero-order chi connectivity index (χ0) is 37.4. The molecule has 1 aliphatic heterocycles. The van der Waals surface area contributed by atoms with Crippen molar-refractivity contribution in [1.82, 2.24) is 15.3 Å². The summed E-state index contributed by atoms with van der Waals surface area (Å²) in [6, 6.07) is 16.5. The lowest BCUT2D eigenvalue weighted by Crippen LogP contribution is -2.54. The van der Waals surface area contributed by atoms with Crippen LogP contribution in [0.1, 0.15) is 102 Å². The summed E-state index contributed by atoms with van der Waals surface area (Å²) in [6.07, 6.45) is 17.9. The zero-order valence-electron chi connectivity index (χ0n) is 31.9. The molecule has 2 fully saturated rings. The molecule has 53 heavy (non-hydrogen) atoms. The highest BCUT2D eigenvalue weighted by molar-refractivity contribution is 5.82. The van der Waals surface area contributed by atoms with Gasteiger partial charge in [0.2, 0.25) is 0 Å². The van der Waals surface area contributed by atoms with E-state index in [9.17, 15) is 14.7 Å². The summed E-state index contributed by atoms with van der Waals surface area (Å²) in [5, 5.41) is 14.2. The van der Waals surface area contributed by atoms with E-state index in [-0.39, 0.29) is 24.4 Å². The van der Waals surface area contributed by atoms with Crippen molar-refractivity contribution in [2.45, 2.75) is 110 Å². The maximum absolute atomic E-state index is 12.9. The Morgan fingerprint density at radius 1 is 0.906 bits per heavy atom. The van der Waals surface area contributed by atoms with Crippen LogP contribution in [0.25, 0.3) is 17.0 Å². The Morgan fingerprint density at radius 3 is 2.23 bits per heavy atom. The molecule has 3 aliphatic rings. The highest BCUT2D eigenvalue weighted by Gasteiger charge is 2.44. The number of aliphatic hydroxyl groups excluding tert-OH is 1. The van der Waals surface area contributed by atoms with E-state index < -0.39 is 17.7 Å². The summed E-state index contributed by atoms with van der Waals surface area (Å²) in [5.41, 5.74) is 4.53. The second kappa shape index (κ2) is 17.5. The van der Waals surface area contributed by atoms with Crippen molar-refractivity contribution in [3.8, 4) is 11.4 Å². The number of amides is 1. The fourth-order valence-electron chi connectivity index (χ4n) is 8.10. The molecule has 2 heterocycles. The van der Waals surface area contributed by atoms with E-state index in [1.807, 2.05) is 87.8 Å². The van der Waals surface area contributed by atoms with Crippen molar-refractivity contribution in [3.63, 3.8) is 0 Å². The van der Waals surface area contributed by atoms with E-state index in [1.165, 1.54) is 50.5 Å². The van der Waals surface area contributed by atoms with E-state index >= 15 is 0 Å². The van der Waals surface area contributed by atoms with Crippen molar-refractivity contribution in [3.05, 3.63) is 89.8 Å². The monoisotopic (exact) mass is 721 g/mol. The maximum Gasteiger partial charge on any atom is 0.408 e. The topological polar surface area (TPSA) is 114 Å². The number of hydrogen-bond donors (Lipinski definition) is 2. The Kier molecular flexibility index (Phi) is 12.6. The normalized spacial score (nSPS) is 22.2. The lowest BCUT2D eigenvalue weighted by atomic mass is 9.70. The number of ether oxygens (including phenoxy) is 2. The smallest absolute Gasteiger partial charge is 0.408 e. The molecule has 1 saturated heterocycles. The summed E-state index contributed by atoms with van der Waals surface area (Å²) in [5.74, 6) is 2.65. The SMILES string of the molecule is CCCC1CCC(C2CC=C(c3cnc(-c4ccc(C[C@H](NC(=O)OCc5ccccc5)C(O)=[N+]5CC(C(=O)OC(C)(C)C)C5)cc4)nc3)CC2)CC1. The van der Waals surface area contributed by atoms with E-state index in [0.717, 1.165) is 52.8 Å². The molecule has 1 unspecified atom stereocenters. The van der Waals surface area contributed by atoms with Crippen LogP contribution in [0, 0.1) is 23.7 Å². The molecule has 9 nitrogen and oxygen atoms in total. The summed E-state index contributed by atoms with van der Waals surface area (Å²) in [7, 11) is 0. The molecule has 282 valence electrons. The third-order valence-electron chi connectivity index (χ3n) is 11.1. The Hall–Kier alpha value is -4.53. The molecule has 2 N–H and O–H groups in total. The number of nitrogens with zero attached hydrogens (tertiary/aromatic N) is 3. The summed E-state index contributed by atoms with van der Waals surface area (Å²) >= 11 is 0. The van der Waals surface area contributed by atoms with Gasteiger partial charge in [-0.2, -0.15) is 4.58 Å². The first-order chi connectivity index (χ1) is 25.5. The Morgan fingerprint density at radius 2 is 1.60 bits per heavy atom. The standard InChI is InChI=1S/C44H56N4O5/c1-5-9-30-12-16-33(17-13-30)34-20-22-35(23-21-34)37-25-45-40(46-26-37)36-18-14-31(15-19-36)24-39(47-43(51)52-29-32-10-7-6-8-11-32)41(49)48-27-38(28-48)42(50)53-44(2,3)4/h6-8,10-11,14-15,18-19,22,25-26,30,33-34,38-39H,5,9,12-13,16-17,20-21,23-24,27-29H2,1-4H3,(H,47,51)/p+1/t30?,33?,34?,39-/m0/s1. The number of aromatic nitrogens is 2. The molecule has 1 saturated carbocycles. The number of nitrogens with one attached hydrogen (secondary N) is 1. The van der Waals surface area contributed by atoms with Gasteiger partial charge in [-0.1, -0.05) is 93.3 Å². The molecule has 3 aromatic rings. The van der Waals surface area contributed by atoms with Crippen LogP contribution in [0.4, 0.5) is 4.79 Å². The van der Waals surface area contributed by atoms with E-state index in [1.54, 1.807) is 4.58 Å². The first-order valence-electron chi connectivity index (χ1n) is 19.7. The Balaban J connectivity index is 1.07. The van der Waals surface area contributed by atoms with E-state index in [0.29, 0.717) is 25.3 Å². The van der Waals surface area contributed by atoms with Gasteiger partial charge in [0.25, 0.3) is 0 Å². The van der Waals surface area contributed by atoms with Gasteiger partial charge in [0, 0.05) is 29.9 Å².